The number of unbranched alkanes of at least 4 members (excludes halogenated alkanes) is 36. The summed E-state index contributed by atoms with van der Waals surface area (Å²) in [6.07, 6.45) is 68.8. The molecule has 0 radical (unpaired) electrons. The predicted octanol–water partition coefficient (Wildman–Crippen LogP) is 21.7. The molecule has 0 fully saturated rings. The second kappa shape index (κ2) is 70.0. The van der Waals surface area contributed by atoms with E-state index in [1.165, 1.54) is 103 Å². The fourth-order valence-electron chi connectivity index (χ4n) is 10.2. The number of aliphatic hydroxyl groups is 1. The molecule has 0 aliphatic heterocycles. The average molecular weight is 1400 g/mol. The minimum atomic E-state index is -4.97. The van der Waals surface area contributed by atoms with E-state index in [1.807, 2.05) is 0 Å². The van der Waals surface area contributed by atoms with Gasteiger partial charge in [-0.2, -0.15) is 0 Å². The van der Waals surface area contributed by atoms with Crippen LogP contribution in [-0.4, -0.2) is 96.7 Å². The van der Waals surface area contributed by atoms with Crippen LogP contribution in [0.3, 0.4) is 0 Å². The molecule has 0 aromatic carbocycles. The number of hydrogen-bond donors (Lipinski definition) is 3. The van der Waals surface area contributed by atoms with Gasteiger partial charge in [0.25, 0.3) is 0 Å². The first-order valence-corrected chi connectivity index (χ1v) is 41.2. The number of carbonyl (C=O) groups is 4. The van der Waals surface area contributed by atoms with Crippen LogP contribution >= 0.6 is 15.6 Å². The Morgan fingerprint density at radius 3 is 0.781 bits per heavy atom. The summed E-state index contributed by atoms with van der Waals surface area (Å²) in [6.45, 7) is 4.78. The molecule has 3 N–H and O–H groups in total. The van der Waals surface area contributed by atoms with E-state index < -0.39 is 97.5 Å². The van der Waals surface area contributed by atoms with Crippen molar-refractivity contribution in [3.8, 4) is 0 Å². The monoisotopic (exact) mass is 1400 g/mol. The Hall–Kier alpha value is -3.50. The number of carbonyl (C=O) groups excluding carboxylic acids is 4. The molecule has 17 nitrogen and oxygen atoms in total. The minimum Gasteiger partial charge on any atom is -0.462 e. The van der Waals surface area contributed by atoms with Crippen LogP contribution in [-0.2, 0) is 65.4 Å². The van der Waals surface area contributed by atoms with Crippen molar-refractivity contribution < 1.29 is 80.2 Å². The van der Waals surface area contributed by atoms with Gasteiger partial charge in [0.05, 0.1) is 26.4 Å². The standard InChI is InChI=1S/C77H138O17P2/c1-5-9-13-17-21-25-29-33-35-39-43-47-51-55-59-63-76(81)93-72(67-87-74(79)61-57-53-49-45-41-37-31-27-23-19-15-11-7-3)69-91-95(83,84)89-65-71(78)66-90-96(85,86)92-70-73(68-88-75(80)62-58-54-50-46-42-38-32-28-24-20-16-12-8-4)94-77(82)64-60-56-52-48-44-40-36-34-30-26-22-18-14-10-6-2/h25-36,71-73,78H,5-24,37-70H2,1-4H3,(H,83,84)(H,85,86)/b29-25-,30-26-,31-27-,32-28-,35-33-,36-34-/t72-,73-/m1/s1. The molecule has 0 aromatic rings. The number of aliphatic hydroxyl groups excluding tert-OH is 1. The molecule has 4 atom stereocenters. The van der Waals surface area contributed by atoms with Gasteiger partial charge in [-0.1, -0.05) is 255 Å². The molecule has 2 unspecified atom stereocenters. The van der Waals surface area contributed by atoms with E-state index >= 15 is 0 Å². The van der Waals surface area contributed by atoms with E-state index in [4.69, 9.17) is 37.0 Å². The molecular formula is C77H138O17P2. The molecule has 0 saturated heterocycles. The lowest BCUT2D eigenvalue weighted by atomic mass is 10.1. The molecular weight excluding hydrogens is 1260 g/mol. The molecule has 0 rings (SSSR count). The number of allylic oxidation sites excluding steroid dienone is 12. The fourth-order valence-corrected chi connectivity index (χ4v) is 11.8. The van der Waals surface area contributed by atoms with Crippen LogP contribution in [0.15, 0.2) is 72.9 Å². The molecule has 0 bridgehead atoms. The molecule has 0 heterocycles. The first-order chi connectivity index (χ1) is 46.7. The highest BCUT2D eigenvalue weighted by Crippen LogP contribution is 2.45. The van der Waals surface area contributed by atoms with Crippen LogP contribution in [0.5, 0.6) is 0 Å². The minimum absolute atomic E-state index is 0.0778. The molecule has 0 aliphatic carbocycles. The van der Waals surface area contributed by atoms with Crippen molar-refractivity contribution in [3.63, 3.8) is 0 Å². The fraction of sp³-hybridized carbons (Fsp3) is 0.792. The first-order valence-electron chi connectivity index (χ1n) is 38.2. The van der Waals surface area contributed by atoms with Crippen molar-refractivity contribution in [2.75, 3.05) is 39.6 Å². The van der Waals surface area contributed by atoms with Crippen molar-refractivity contribution >= 4 is 39.5 Å². The maximum absolute atomic E-state index is 13.1. The van der Waals surface area contributed by atoms with Gasteiger partial charge in [-0.05, 0) is 128 Å². The summed E-state index contributed by atoms with van der Waals surface area (Å²) >= 11 is 0. The highest BCUT2D eigenvalue weighted by atomic mass is 31.2. The van der Waals surface area contributed by atoms with Crippen molar-refractivity contribution in [1.82, 2.24) is 0 Å². The molecule has 558 valence electrons. The SMILES string of the molecule is CCCCCC/C=C\C=C/CCCCCCCC(=O)O[C@H](COC(=O)CCCCCCC/C=C\CCCCCC)COP(=O)(O)OCC(O)COP(=O)(O)OC[C@@H](COC(=O)CCCCCCC/C=C\CCCCCC)OC(=O)CCCCCCC/C=C\C=C/CCCCCC. The molecule has 0 aromatic heterocycles. The highest BCUT2D eigenvalue weighted by Gasteiger charge is 2.30. The van der Waals surface area contributed by atoms with E-state index in [-0.39, 0.29) is 25.7 Å². The van der Waals surface area contributed by atoms with E-state index in [0.717, 1.165) is 154 Å². The van der Waals surface area contributed by atoms with Crippen LogP contribution in [0.1, 0.15) is 336 Å². The molecule has 19 heteroatoms. The lowest BCUT2D eigenvalue weighted by Gasteiger charge is -2.21. The Bertz CT molecular complexity index is 1960. The van der Waals surface area contributed by atoms with Gasteiger partial charge in [0.15, 0.2) is 12.2 Å². The van der Waals surface area contributed by atoms with Gasteiger partial charge in [-0.15, -0.1) is 0 Å². The average Bonchev–Trinajstić information content (AvgIpc) is 1.19. The summed E-state index contributed by atoms with van der Waals surface area (Å²) in [6, 6.07) is 0. The van der Waals surface area contributed by atoms with Gasteiger partial charge in [0.1, 0.15) is 19.3 Å². The maximum atomic E-state index is 13.1. The Kier molecular flexibility index (Phi) is 67.4. The van der Waals surface area contributed by atoms with Crippen LogP contribution in [0.25, 0.3) is 0 Å². The lowest BCUT2D eigenvalue weighted by molar-refractivity contribution is -0.161. The van der Waals surface area contributed by atoms with Crippen LogP contribution in [0.2, 0.25) is 0 Å². The van der Waals surface area contributed by atoms with Gasteiger partial charge in [-0.25, -0.2) is 9.13 Å². The number of rotatable bonds is 72. The van der Waals surface area contributed by atoms with E-state index in [9.17, 15) is 43.2 Å². The zero-order valence-corrected chi connectivity index (χ0v) is 62.6. The molecule has 96 heavy (non-hydrogen) atoms. The Morgan fingerprint density at radius 2 is 0.510 bits per heavy atom. The summed E-state index contributed by atoms with van der Waals surface area (Å²) < 4.78 is 68.4. The molecule has 0 aliphatic rings. The zero-order valence-electron chi connectivity index (χ0n) is 60.8. The smallest absolute Gasteiger partial charge is 0.462 e. The maximum Gasteiger partial charge on any atom is 0.472 e. The lowest BCUT2D eigenvalue weighted by Crippen LogP contribution is -2.30. The third-order valence-electron chi connectivity index (χ3n) is 16.2. The van der Waals surface area contributed by atoms with Crippen LogP contribution < -0.4 is 0 Å². The summed E-state index contributed by atoms with van der Waals surface area (Å²) in [5, 5.41) is 10.6. The highest BCUT2D eigenvalue weighted by molar-refractivity contribution is 7.47. The normalized spacial score (nSPS) is 14.4. The third kappa shape index (κ3) is 69.0. The summed E-state index contributed by atoms with van der Waals surface area (Å²) in [5.74, 6) is -2.21. The molecule has 0 spiro atoms. The molecule has 0 amide bonds. The van der Waals surface area contributed by atoms with Gasteiger partial charge in [0, 0.05) is 25.7 Å². The number of ether oxygens (including phenoxy) is 4. The van der Waals surface area contributed by atoms with Gasteiger partial charge in [-0.3, -0.25) is 37.3 Å². The van der Waals surface area contributed by atoms with Gasteiger partial charge in [0.2, 0.25) is 0 Å². The summed E-state index contributed by atoms with van der Waals surface area (Å²) in [5.41, 5.74) is 0. The van der Waals surface area contributed by atoms with E-state index in [1.54, 1.807) is 0 Å². The van der Waals surface area contributed by atoms with Crippen LogP contribution in [0, 0.1) is 0 Å². The number of esters is 4. The van der Waals surface area contributed by atoms with Crippen molar-refractivity contribution in [2.45, 2.75) is 354 Å². The van der Waals surface area contributed by atoms with E-state index in [0.29, 0.717) is 25.7 Å². The van der Waals surface area contributed by atoms with Gasteiger partial charge >= 0.3 is 39.5 Å². The Morgan fingerprint density at radius 1 is 0.292 bits per heavy atom. The predicted molar refractivity (Wildman–Crippen MR) is 390 cm³/mol. The van der Waals surface area contributed by atoms with E-state index in [2.05, 4.69) is 101 Å². The summed E-state index contributed by atoms with van der Waals surface area (Å²) in [7, 11) is -9.95. The number of hydrogen-bond acceptors (Lipinski definition) is 15. The largest absolute Gasteiger partial charge is 0.472 e. The second-order valence-corrected chi connectivity index (χ2v) is 28.5. The topological polar surface area (TPSA) is 237 Å². The molecule has 0 saturated carbocycles. The first kappa shape index (κ1) is 92.5. The van der Waals surface area contributed by atoms with Crippen molar-refractivity contribution in [2.24, 2.45) is 0 Å². The summed E-state index contributed by atoms with van der Waals surface area (Å²) in [4.78, 5) is 72.8. The second-order valence-electron chi connectivity index (χ2n) is 25.6. The van der Waals surface area contributed by atoms with Crippen molar-refractivity contribution in [1.29, 1.82) is 0 Å². The zero-order chi connectivity index (χ0) is 70.4. The van der Waals surface area contributed by atoms with Crippen LogP contribution in [0.4, 0.5) is 0 Å². The number of phosphoric acid groups is 2. The van der Waals surface area contributed by atoms with Crippen molar-refractivity contribution in [3.05, 3.63) is 72.9 Å². The quantitative estimate of drug-likeness (QED) is 0.0128. The number of phosphoric ester groups is 2. The van der Waals surface area contributed by atoms with Gasteiger partial charge < -0.3 is 33.8 Å². The third-order valence-corrected chi connectivity index (χ3v) is 18.1. The Labute approximate surface area is 583 Å². The Balaban J connectivity index is 5.37.